The van der Waals surface area contributed by atoms with E-state index in [4.69, 9.17) is 9.47 Å². The Morgan fingerprint density at radius 2 is 1.95 bits per heavy atom. The fraction of sp³-hybridized carbons (Fsp3) is 0.588. The third-order valence-corrected chi connectivity index (χ3v) is 4.14. The van der Waals surface area contributed by atoms with Gasteiger partial charge in [-0.1, -0.05) is 31.9 Å². The van der Waals surface area contributed by atoms with Crippen LogP contribution in [0.1, 0.15) is 32.6 Å². The summed E-state index contributed by atoms with van der Waals surface area (Å²) in [4.78, 5) is 11.9. The first-order valence-corrected chi connectivity index (χ1v) is 8.01. The van der Waals surface area contributed by atoms with Crippen LogP contribution in [-0.4, -0.2) is 32.3 Å². The van der Waals surface area contributed by atoms with Crippen LogP contribution in [0, 0.1) is 5.92 Å². The van der Waals surface area contributed by atoms with E-state index in [-0.39, 0.29) is 6.03 Å². The quantitative estimate of drug-likeness (QED) is 0.794. The van der Waals surface area contributed by atoms with E-state index < -0.39 is 0 Å². The number of hydrogen-bond acceptors (Lipinski definition) is 3. The lowest BCUT2D eigenvalue weighted by Crippen LogP contribution is -2.46. The fourth-order valence-corrected chi connectivity index (χ4v) is 2.81. The normalized spacial score (nSPS) is 21.0. The first kappa shape index (κ1) is 16.5. The molecule has 1 aliphatic carbocycles. The van der Waals surface area contributed by atoms with Gasteiger partial charge in [-0.2, -0.15) is 0 Å². The molecule has 1 aromatic carbocycles. The molecule has 2 amide bonds. The van der Waals surface area contributed by atoms with Gasteiger partial charge in [0.2, 0.25) is 0 Å². The molecule has 122 valence electrons. The Morgan fingerprint density at radius 3 is 2.68 bits per heavy atom. The average Bonchev–Trinajstić information content (AvgIpc) is 2.54. The van der Waals surface area contributed by atoms with Gasteiger partial charge in [0, 0.05) is 6.04 Å². The molecular formula is C17H26N2O3. The number of nitrogens with one attached hydrogen (secondary N) is 2. The van der Waals surface area contributed by atoms with Gasteiger partial charge in [-0.15, -0.1) is 0 Å². The highest BCUT2D eigenvalue weighted by molar-refractivity contribution is 5.74. The van der Waals surface area contributed by atoms with E-state index in [0.717, 1.165) is 6.42 Å². The van der Waals surface area contributed by atoms with Gasteiger partial charge in [-0.05, 0) is 30.9 Å². The van der Waals surface area contributed by atoms with Crippen molar-refractivity contribution in [3.63, 3.8) is 0 Å². The Balaban J connectivity index is 1.66. The highest BCUT2D eigenvalue weighted by Crippen LogP contribution is 2.25. The van der Waals surface area contributed by atoms with Crippen molar-refractivity contribution in [2.45, 2.75) is 38.6 Å². The monoisotopic (exact) mass is 306 g/mol. The predicted molar refractivity (Wildman–Crippen MR) is 86.4 cm³/mol. The largest absolute Gasteiger partial charge is 0.493 e. The van der Waals surface area contributed by atoms with Gasteiger partial charge < -0.3 is 20.1 Å². The summed E-state index contributed by atoms with van der Waals surface area (Å²) in [7, 11) is 1.61. The summed E-state index contributed by atoms with van der Waals surface area (Å²) in [6.45, 7) is 3.08. The summed E-state index contributed by atoms with van der Waals surface area (Å²) < 4.78 is 10.8. The van der Waals surface area contributed by atoms with E-state index in [2.05, 4.69) is 17.6 Å². The average molecular weight is 306 g/mol. The molecule has 2 N–H and O–H groups in total. The minimum absolute atomic E-state index is 0.109. The lowest BCUT2D eigenvalue weighted by atomic mass is 9.86. The number of carbonyl (C=O) groups excluding carboxylic acids is 1. The van der Waals surface area contributed by atoms with Crippen molar-refractivity contribution in [3.05, 3.63) is 24.3 Å². The zero-order valence-corrected chi connectivity index (χ0v) is 13.4. The fourth-order valence-electron chi connectivity index (χ4n) is 2.81. The lowest BCUT2D eigenvalue weighted by molar-refractivity contribution is 0.218. The molecule has 0 bridgehead atoms. The third kappa shape index (κ3) is 4.83. The molecule has 0 heterocycles. The van der Waals surface area contributed by atoms with E-state index in [1.165, 1.54) is 19.3 Å². The molecule has 0 aromatic heterocycles. The van der Waals surface area contributed by atoms with E-state index >= 15 is 0 Å². The smallest absolute Gasteiger partial charge is 0.315 e. The van der Waals surface area contributed by atoms with Crippen LogP contribution in [0.3, 0.4) is 0 Å². The number of para-hydroxylation sites is 2. The van der Waals surface area contributed by atoms with Gasteiger partial charge in [0.1, 0.15) is 6.61 Å². The number of amides is 2. The second-order valence-electron chi connectivity index (χ2n) is 5.77. The van der Waals surface area contributed by atoms with E-state index in [1.807, 2.05) is 24.3 Å². The highest BCUT2D eigenvalue weighted by atomic mass is 16.5. The first-order chi connectivity index (χ1) is 10.7. The van der Waals surface area contributed by atoms with Crippen LogP contribution >= 0.6 is 0 Å². The maximum absolute atomic E-state index is 11.9. The zero-order valence-electron chi connectivity index (χ0n) is 13.4. The Bertz CT molecular complexity index is 479. The van der Waals surface area contributed by atoms with Crippen molar-refractivity contribution in [1.82, 2.24) is 10.6 Å². The van der Waals surface area contributed by atoms with Gasteiger partial charge >= 0.3 is 6.03 Å². The Kier molecular flexibility index (Phi) is 6.37. The summed E-state index contributed by atoms with van der Waals surface area (Å²) in [5, 5.41) is 5.90. The summed E-state index contributed by atoms with van der Waals surface area (Å²) >= 11 is 0. The summed E-state index contributed by atoms with van der Waals surface area (Å²) in [6, 6.07) is 7.67. The van der Waals surface area contributed by atoms with Crippen molar-refractivity contribution in [2.75, 3.05) is 20.3 Å². The number of benzene rings is 1. The highest BCUT2D eigenvalue weighted by Gasteiger charge is 2.22. The number of hydrogen-bond donors (Lipinski definition) is 2. The van der Waals surface area contributed by atoms with Gasteiger partial charge in [-0.25, -0.2) is 4.79 Å². The van der Waals surface area contributed by atoms with Crippen molar-refractivity contribution in [1.29, 1.82) is 0 Å². The van der Waals surface area contributed by atoms with Crippen LogP contribution in [0.5, 0.6) is 11.5 Å². The second kappa shape index (κ2) is 8.51. The number of methoxy groups -OCH3 is 1. The standard InChI is InChI=1S/C17H26N2O3/c1-13-7-3-4-8-14(13)19-17(20)18-11-12-22-16-10-6-5-9-15(16)21-2/h5-6,9-10,13-14H,3-4,7-8,11-12H2,1-2H3,(H2,18,19,20). The number of carbonyl (C=O) groups is 1. The molecule has 1 aromatic rings. The lowest BCUT2D eigenvalue weighted by Gasteiger charge is -2.29. The Morgan fingerprint density at radius 1 is 1.23 bits per heavy atom. The van der Waals surface area contributed by atoms with Crippen molar-refractivity contribution < 1.29 is 14.3 Å². The minimum Gasteiger partial charge on any atom is -0.493 e. The van der Waals surface area contributed by atoms with E-state index in [1.54, 1.807) is 7.11 Å². The van der Waals surface area contributed by atoms with Crippen molar-refractivity contribution in [2.24, 2.45) is 5.92 Å². The van der Waals surface area contributed by atoms with Crippen LogP contribution in [0.15, 0.2) is 24.3 Å². The van der Waals surface area contributed by atoms with Crippen LogP contribution in [0.2, 0.25) is 0 Å². The number of urea groups is 1. The number of ether oxygens (including phenoxy) is 2. The topological polar surface area (TPSA) is 59.6 Å². The molecule has 2 unspecified atom stereocenters. The summed E-state index contributed by atoms with van der Waals surface area (Å²) in [6.07, 6.45) is 4.74. The van der Waals surface area contributed by atoms with Crippen LogP contribution in [0.4, 0.5) is 4.79 Å². The predicted octanol–water partition coefficient (Wildman–Crippen LogP) is 2.95. The molecule has 0 radical (unpaired) electrons. The van der Waals surface area contributed by atoms with Gasteiger partial charge in [0.05, 0.1) is 13.7 Å². The van der Waals surface area contributed by atoms with Gasteiger partial charge in [-0.3, -0.25) is 0 Å². The molecule has 1 fully saturated rings. The van der Waals surface area contributed by atoms with Gasteiger partial charge in [0.25, 0.3) is 0 Å². The summed E-state index contributed by atoms with van der Waals surface area (Å²) in [5.41, 5.74) is 0. The Labute approximate surface area is 132 Å². The second-order valence-corrected chi connectivity index (χ2v) is 5.77. The first-order valence-electron chi connectivity index (χ1n) is 8.01. The van der Waals surface area contributed by atoms with Crippen LogP contribution < -0.4 is 20.1 Å². The molecule has 2 rings (SSSR count). The molecule has 2 atom stereocenters. The number of rotatable bonds is 6. The van der Waals surface area contributed by atoms with Gasteiger partial charge in [0.15, 0.2) is 11.5 Å². The van der Waals surface area contributed by atoms with E-state index in [9.17, 15) is 4.79 Å². The van der Waals surface area contributed by atoms with Crippen molar-refractivity contribution >= 4 is 6.03 Å². The molecule has 5 heteroatoms. The molecule has 0 spiro atoms. The molecule has 0 saturated heterocycles. The van der Waals surface area contributed by atoms with Crippen LogP contribution in [-0.2, 0) is 0 Å². The van der Waals surface area contributed by atoms with Crippen LogP contribution in [0.25, 0.3) is 0 Å². The zero-order chi connectivity index (χ0) is 15.8. The molecule has 22 heavy (non-hydrogen) atoms. The summed E-state index contributed by atoms with van der Waals surface area (Å²) in [5.74, 6) is 1.94. The van der Waals surface area contributed by atoms with E-state index in [0.29, 0.717) is 36.6 Å². The molecular weight excluding hydrogens is 280 g/mol. The SMILES string of the molecule is COc1ccccc1OCCNC(=O)NC1CCCCC1C. The molecule has 1 aliphatic rings. The maximum Gasteiger partial charge on any atom is 0.315 e. The molecule has 0 aliphatic heterocycles. The Hall–Kier alpha value is -1.91. The minimum atomic E-state index is -0.109. The molecule has 1 saturated carbocycles. The third-order valence-electron chi connectivity index (χ3n) is 4.14. The van der Waals surface area contributed by atoms with Crippen molar-refractivity contribution in [3.8, 4) is 11.5 Å². The maximum atomic E-state index is 11.9. The molecule has 5 nitrogen and oxygen atoms in total.